The van der Waals surface area contributed by atoms with E-state index >= 15 is 0 Å². The molecular weight excluding hydrogens is 244 g/mol. The van der Waals surface area contributed by atoms with E-state index < -0.39 is 11.8 Å². The molecule has 1 aromatic rings. The van der Waals surface area contributed by atoms with Crippen LogP contribution in [0, 0.1) is 6.92 Å². The van der Waals surface area contributed by atoms with Crippen molar-refractivity contribution in [2.45, 2.75) is 6.92 Å². The summed E-state index contributed by atoms with van der Waals surface area (Å²) in [7, 11) is 0. The molecule has 2 amide bonds. The molecule has 1 fully saturated rings. The molecular formula is C11H11ClN2O3. The Labute approximate surface area is 103 Å². The van der Waals surface area contributed by atoms with Gasteiger partial charge >= 0.3 is 0 Å². The van der Waals surface area contributed by atoms with Gasteiger partial charge in [0.1, 0.15) is 13.2 Å². The Hall–Kier alpha value is -1.59. The molecule has 1 aliphatic rings. The fourth-order valence-electron chi connectivity index (χ4n) is 1.70. The average Bonchev–Trinajstić information content (AvgIpc) is 2.25. The van der Waals surface area contributed by atoms with Crippen molar-refractivity contribution in [1.82, 2.24) is 0 Å². The highest BCUT2D eigenvalue weighted by atomic mass is 35.5. The van der Waals surface area contributed by atoms with Crippen LogP contribution in [-0.2, 0) is 14.3 Å². The normalized spacial score (nSPS) is 16.5. The molecule has 0 saturated carbocycles. The Morgan fingerprint density at radius 1 is 1.29 bits per heavy atom. The van der Waals surface area contributed by atoms with Crippen LogP contribution < -0.4 is 10.6 Å². The summed E-state index contributed by atoms with van der Waals surface area (Å²) in [4.78, 5) is 24.4. The third kappa shape index (κ3) is 2.11. The van der Waals surface area contributed by atoms with Gasteiger partial charge in [0.15, 0.2) is 0 Å². The number of nitrogen functional groups attached to an aromatic ring is 1. The van der Waals surface area contributed by atoms with Gasteiger partial charge in [-0.2, -0.15) is 0 Å². The topological polar surface area (TPSA) is 72.6 Å². The largest absolute Gasteiger partial charge is 0.398 e. The molecule has 0 unspecified atom stereocenters. The number of amides is 2. The SMILES string of the molecule is Cc1cc(N)c(Cl)cc1N1C(=O)COCC1=O. The molecule has 0 atom stereocenters. The lowest BCUT2D eigenvalue weighted by Crippen LogP contribution is -2.46. The third-order valence-electron chi connectivity index (χ3n) is 2.51. The number of benzene rings is 1. The number of nitrogens with two attached hydrogens (primary N) is 1. The van der Waals surface area contributed by atoms with Gasteiger partial charge in [0.25, 0.3) is 11.8 Å². The Kier molecular flexibility index (Phi) is 3.04. The van der Waals surface area contributed by atoms with E-state index in [1.165, 1.54) is 6.07 Å². The van der Waals surface area contributed by atoms with E-state index in [4.69, 9.17) is 22.1 Å². The maximum absolute atomic E-state index is 11.7. The van der Waals surface area contributed by atoms with Crippen molar-refractivity contribution in [1.29, 1.82) is 0 Å². The molecule has 2 rings (SSSR count). The first kappa shape index (κ1) is 11.9. The highest BCUT2D eigenvalue weighted by Gasteiger charge is 2.29. The van der Waals surface area contributed by atoms with Crippen LogP contribution >= 0.6 is 11.6 Å². The lowest BCUT2D eigenvalue weighted by Gasteiger charge is -2.26. The van der Waals surface area contributed by atoms with Crippen molar-refractivity contribution >= 4 is 34.8 Å². The van der Waals surface area contributed by atoms with E-state index in [9.17, 15) is 9.59 Å². The molecule has 6 heteroatoms. The molecule has 2 N–H and O–H groups in total. The van der Waals surface area contributed by atoms with Gasteiger partial charge in [0, 0.05) is 0 Å². The third-order valence-corrected chi connectivity index (χ3v) is 2.83. The average molecular weight is 255 g/mol. The van der Waals surface area contributed by atoms with Crippen LogP contribution in [0.1, 0.15) is 5.56 Å². The minimum Gasteiger partial charge on any atom is -0.398 e. The van der Waals surface area contributed by atoms with Crippen LogP contribution in [-0.4, -0.2) is 25.0 Å². The number of aryl methyl sites for hydroxylation is 1. The molecule has 1 saturated heterocycles. The summed E-state index contributed by atoms with van der Waals surface area (Å²) in [6.07, 6.45) is 0. The van der Waals surface area contributed by atoms with E-state index in [0.29, 0.717) is 16.4 Å². The van der Waals surface area contributed by atoms with Crippen molar-refractivity contribution in [3.05, 3.63) is 22.7 Å². The Morgan fingerprint density at radius 2 is 1.88 bits per heavy atom. The van der Waals surface area contributed by atoms with Crippen molar-refractivity contribution in [3.8, 4) is 0 Å². The highest BCUT2D eigenvalue weighted by Crippen LogP contribution is 2.30. The van der Waals surface area contributed by atoms with Crippen LogP contribution in [0.25, 0.3) is 0 Å². The standard InChI is InChI=1S/C11H11ClN2O3/c1-6-2-8(13)7(12)3-9(6)14-10(15)4-17-5-11(14)16/h2-3H,4-5,13H2,1H3. The molecule has 0 aromatic heterocycles. The molecule has 90 valence electrons. The first-order chi connectivity index (χ1) is 8.00. The smallest absolute Gasteiger partial charge is 0.259 e. The summed E-state index contributed by atoms with van der Waals surface area (Å²) >= 11 is 5.89. The van der Waals surface area contributed by atoms with E-state index in [1.54, 1.807) is 13.0 Å². The number of rotatable bonds is 1. The van der Waals surface area contributed by atoms with E-state index in [0.717, 1.165) is 10.5 Å². The minimum atomic E-state index is -0.398. The number of halogens is 1. The van der Waals surface area contributed by atoms with E-state index in [1.807, 2.05) is 0 Å². The summed E-state index contributed by atoms with van der Waals surface area (Å²) in [5.74, 6) is -0.796. The number of morpholine rings is 1. The van der Waals surface area contributed by atoms with Crippen LogP contribution in [0.15, 0.2) is 12.1 Å². The number of carbonyl (C=O) groups is 2. The molecule has 0 radical (unpaired) electrons. The van der Waals surface area contributed by atoms with Crippen molar-refractivity contribution < 1.29 is 14.3 Å². The van der Waals surface area contributed by atoms with Crippen molar-refractivity contribution in [3.63, 3.8) is 0 Å². The summed E-state index contributed by atoms with van der Waals surface area (Å²) in [6.45, 7) is 1.55. The second-order valence-corrected chi connectivity index (χ2v) is 4.18. The number of ether oxygens (including phenoxy) is 1. The van der Waals surface area contributed by atoms with Crippen LogP contribution in [0.3, 0.4) is 0 Å². The maximum atomic E-state index is 11.7. The molecule has 1 heterocycles. The monoisotopic (exact) mass is 254 g/mol. The second kappa shape index (κ2) is 4.35. The van der Waals surface area contributed by atoms with Crippen LogP contribution in [0.4, 0.5) is 11.4 Å². The fraction of sp³-hybridized carbons (Fsp3) is 0.273. The van der Waals surface area contributed by atoms with Crippen LogP contribution in [0.2, 0.25) is 5.02 Å². The zero-order valence-corrected chi connectivity index (χ0v) is 9.95. The Balaban J connectivity index is 2.48. The minimum absolute atomic E-state index is 0.104. The number of carbonyl (C=O) groups excluding carboxylic acids is 2. The molecule has 1 aromatic carbocycles. The molecule has 1 aliphatic heterocycles. The number of hydrogen-bond donors (Lipinski definition) is 1. The number of imide groups is 1. The van der Waals surface area contributed by atoms with E-state index in [2.05, 4.69) is 0 Å². The molecule has 0 spiro atoms. The predicted molar refractivity (Wildman–Crippen MR) is 63.9 cm³/mol. The molecule has 5 nitrogen and oxygen atoms in total. The lowest BCUT2D eigenvalue weighted by atomic mass is 10.1. The Morgan fingerprint density at radius 3 is 2.47 bits per heavy atom. The van der Waals surface area contributed by atoms with Gasteiger partial charge in [0.2, 0.25) is 0 Å². The Bertz CT molecular complexity index is 486. The van der Waals surface area contributed by atoms with E-state index in [-0.39, 0.29) is 13.2 Å². The van der Waals surface area contributed by atoms with Gasteiger partial charge in [-0.05, 0) is 24.6 Å². The zero-order chi connectivity index (χ0) is 12.6. The zero-order valence-electron chi connectivity index (χ0n) is 9.20. The van der Waals surface area contributed by atoms with Gasteiger partial charge in [-0.1, -0.05) is 11.6 Å². The van der Waals surface area contributed by atoms with Crippen molar-refractivity contribution in [2.75, 3.05) is 23.8 Å². The van der Waals surface area contributed by atoms with Gasteiger partial charge in [-0.3, -0.25) is 9.59 Å². The summed E-state index contributed by atoms with van der Waals surface area (Å²) in [5.41, 5.74) is 7.24. The van der Waals surface area contributed by atoms with Gasteiger partial charge in [-0.15, -0.1) is 0 Å². The van der Waals surface area contributed by atoms with Crippen molar-refractivity contribution in [2.24, 2.45) is 0 Å². The lowest BCUT2D eigenvalue weighted by molar-refractivity contribution is -0.138. The number of anilines is 2. The summed E-state index contributed by atoms with van der Waals surface area (Å²) in [6, 6.07) is 3.15. The maximum Gasteiger partial charge on any atom is 0.259 e. The predicted octanol–water partition coefficient (Wildman–Crippen LogP) is 1.12. The summed E-state index contributed by atoms with van der Waals surface area (Å²) < 4.78 is 4.84. The molecule has 17 heavy (non-hydrogen) atoms. The highest BCUT2D eigenvalue weighted by molar-refractivity contribution is 6.33. The summed E-state index contributed by atoms with van der Waals surface area (Å²) in [5, 5.41) is 0.317. The number of nitrogens with zero attached hydrogens (tertiary/aromatic N) is 1. The van der Waals surface area contributed by atoms with Gasteiger partial charge in [0.05, 0.1) is 16.4 Å². The van der Waals surface area contributed by atoms with Gasteiger partial charge in [-0.25, -0.2) is 4.90 Å². The molecule has 0 aliphatic carbocycles. The van der Waals surface area contributed by atoms with Crippen LogP contribution in [0.5, 0.6) is 0 Å². The first-order valence-electron chi connectivity index (χ1n) is 5.00. The van der Waals surface area contributed by atoms with Gasteiger partial charge < -0.3 is 10.5 Å². The fourth-order valence-corrected chi connectivity index (χ4v) is 1.85. The number of hydrogen-bond acceptors (Lipinski definition) is 4. The molecule has 0 bridgehead atoms. The quantitative estimate of drug-likeness (QED) is 0.602. The second-order valence-electron chi connectivity index (χ2n) is 3.78. The first-order valence-corrected chi connectivity index (χ1v) is 5.37.